The number of nitrogens with zero attached hydrogens (tertiary/aromatic N) is 1. The highest BCUT2D eigenvalue weighted by Crippen LogP contribution is 2.18. The average Bonchev–Trinajstić information content (AvgIpc) is 2.48. The molecule has 0 fully saturated rings. The number of halogens is 1. The fourth-order valence-electron chi connectivity index (χ4n) is 1.79. The van der Waals surface area contributed by atoms with Gasteiger partial charge in [0.2, 0.25) is 0 Å². The summed E-state index contributed by atoms with van der Waals surface area (Å²) in [5.74, 6) is -0.750. The van der Waals surface area contributed by atoms with Gasteiger partial charge in [-0.25, -0.2) is 12.8 Å². The number of nitrogens with one attached hydrogen (secondary N) is 1. The van der Waals surface area contributed by atoms with E-state index in [4.69, 9.17) is 0 Å². The van der Waals surface area contributed by atoms with Gasteiger partial charge in [-0.1, -0.05) is 6.07 Å². The van der Waals surface area contributed by atoms with Gasteiger partial charge in [0.05, 0.1) is 4.90 Å². The molecule has 0 radical (unpaired) electrons. The molecule has 0 heterocycles. The van der Waals surface area contributed by atoms with Crippen LogP contribution in [0.15, 0.2) is 53.4 Å². The second kappa shape index (κ2) is 6.15. The summed E-state index contributed by atoms with van der Waals surface area (Å²) in [6.07, 6.45) is 0. The molecule has 0 bridgehead atoms. The first-order chi connectivity index (χ1) is 10.3. The van der Waals surface area contributed by atoms with Crippen molar-refractivity contribution in [2.24, 2.45) is 0 Å². The molecule has 2 rings (SSSR count). The number of hydrogen-bond acceptors (Lipinski definition) is 3. The van der Waals surface area contributed by atoms with E-state index in [1.54, 1.807) is 20.2 Å². The number of carbonyl (C=O) groups is 1. The minimum absolute atomic E-state index is 0.0375. The highest BCUT2D eigenvalue weighted by molar-refractivity contribution is 7.92. The Morgan fingerprint density at radius 1 is 1.09 bits per heavy atom. The van der Waals surface area contributed by atoms with Gasteiger partial charge in [0.1, 0.15) is 5.82 Å². The highest BCUT2D eigenvalue weighted by atomic mass is 32.2. The highest BCUT2D eigenvalue weighted by Gasteiger charge is 2.17. The lowest BCUT2D eigenvalue weighted by molar-refractivity contribution is 0.0827. The molecule has 0 saturated carbocycles. The fourth-order valence-corrected chi connectivity index (χ4v) is 2.89. The summed E-state index contributed by atoms with van der Waals surface area (Å²) in [5, 5.41) is 0. The maximum Gasteiger partial charge on any atom is 0.261 e. The summed E-state index contributed by atoms with van der Waals surface area (Å²) < 4.78 is 39.8. The predicted octanol–water partition coefficient (Wildman–Crippen LogP) is 2.33. The molecule has 0 aliphatic carbocycles. The van der Waals surface area contributed by atoms with Crippen molar-refractivity contribution in [2.45, 2.75) is 4.90 Å². The van der Waals surface area contributed by atoms with Gasteiger partial charge < -0.3 is 4.90 Å². The maximum absolute atomic E-state index is 12.8. The minimum Gasteiger partial charge on any atom is -0.345 e. The Bertz CT molecular complexity index is 787. The molecule has 0 saturated heterocycles. The van der Waals surface area contributed by atoms with Crippen molar-refractivity contribution in [1.29, 1.82) is 0 Å². The summed E-state index contributed by atoms with van der Waals surface area (Å²) in [4.78, 5) is 13.2. The van der Waals surface area contributed by atoms with Crippen LogP contribution in [0.5, 0.6) is 0 Å². The first kappa shape index (κ1) is 16.0. The third-order valence-corrected chi connectivity index (χ3v) is 4.27. The second-order valence-electron chi connectivity index (χ2n) is 4.84. The van der Waals surface area contributed by atoms with E-state index in [2.05, 4.69) is 4.72 Å². The summed E-state index contributed by atoms with van der Waals surface area (Å²) in [6, 6.07) is 10.7. The first-order valence-electron chi connectivity index (χ1n) is 6.40. The van der Waals surface area contributed by atoms with E-state index in [1.807, 2.05) is 0 Å². The van der Waals surface area contributed by atoms with Crippen molar-refractivity contribution in [1.82, 2.24) is 4.90 Å². The van der Waals surface area contributed by atoms with Crippen LogP contribution in [0, 0.1) is 5.82 Å². The maximum atomic E-state index is 12.8. The van der Waals surface area contributed by atoms with Crippen LogP contribution >= 0.6 is 0 Å². The lowest BCUT2D eigenvalue weighted by atomic mass is 10.2. The first-order valence-corrected chi connectivity index (χ1v) is 7.88. The van der Waals surface area contributed by atoms with Gasteiger partial charge in [0, 0.05) is 25.3 Å². The standard InChI is InChI=1S/C15H15FN2O3S/c1-18(2)15(19)11-4-3-5-14(10-11)22(20,21)17-13-8-6-12(16)7-9-13/h3-10,17H,1-2H3. The quantitative estimate of drug-likeness (QED) is 0.939. The summed E-state index contributed by atoms with van der Waals surface area (Å²) in [7, 11) is -0.684. The molecule has 22 heavy (non-hydrogen) atoms. The van der Waals surface area contributed by atoms with Gasteiger partial charge in [0.15, 0.2) is 0 Å². The van der Waals surface area contributed by atoms with Gasteiger partial charge in [-0.05, 0) is 42.5 Å². The van der Waals surface area contributed by atoms with Crippen LogP contribution in [0.3, 0.4) is 0 Å². The smallest absolute Gasteiger partial charge is 0.261 e. The number of rotatable bonds is 4. The van der Waals surface area contributed by atoms with Gasteiger partial charge in [-0.2, -0.15) is 0 Å². The molecule has 0 aromatic heterocycles. The topological polar surface area (TPSA) is 66.5 Å². The van der Waals surface area contributed by atoms with Crippen molar-refractivity contribution in [3.05, 3.63) is 59.9 Å². The molecular formula is C15H15FN2O3S. The van der Waals surface area contributed by atoms with Crippen molar-refractivity contribution in [3.8, 4) is 0 Å². The molecule has 7 heteroatoms. The summed E-state index contributed by atoms with van der Waals surface area (Å²) in [5.41, 5.74) is 0.512. The molecule has 0 spiro atoms. The van der Waals surface area contributed by atoms with Gasteiger partial charge in [0.25, 0.3) is 15.9 Å². The van der Waals surface area contributed by atoms with Crippen LogP contribution in [0.25, 0.3) is 0 Å². The Hall–Kier alpha value is -2.41. The van der Waals surface area contributed by atoms with E-state index in [9.17, 15) is 17.6 Å². The molecule has 5 nitrogen and oxygen atoms in total. The van der Waals surface area contributed by atoms with Crippen LogP contribution in [0.1, 0.15) is 10.4 Å². The number of carbonyl (C=O) groups excluding carboxylic acids is 1. The largest absolute Gasteiger partial charge is 0.345 e. The number of amides is 1. The number of hydrogen-bond donors (Lipinski definition) is 1. The zero-order valence-corrected chi connectivity index (χ0v) is 12.9. The van der Waals surface area contributed by atoms with Crippen LogP contribution in [-0.2, 0) is 10.0 Å². The molecular weight excluding hydrogens is 307 g/mol. The van der Waals surface area contributed by atoms with E-state index >= 15 is 0 Å². The van der Waals surface area contributed by atoms with Gasteiger partial charge in [-0.3, -0.25) is 9.52 Å². The monoisotopic (exact) mass is 322 g/mol. The molecule has 2 aromatic rings. The minimum atomic E-state index is -3.85. The Labute approximate surface area is 128 Å². The van der Waals surface area contributed by atoms with Crippen LogP contribution in [0.4, 0.5) is 10.1 Å². The van der Waals surface area contributed by atoms with Crippen molar-refractivity contribution >= 4 is 21.6 Å². The summed E-state index contributed by atoms with van der Waals surface area (Å²) in [6.45, 7) is 0. The summed E-state index contributed by atoms with van der Waals surface area (Å²) >= 11 is 0. The predicted molar refractivity (Wildman–Crippen MR) is 81.7 cm³/mol. The molecule has 0 aliphatic rings. The van der Waals surface area contributed by atoms with Crippen LogP contribution < -0.4 is 4.72 Å². The van der Waals surface area contributed by atoms with E-state index in [0.717, 1.165) is 12.1 Å². The number of benzene rings is 2. The lowest BCUT2D eigenvalue weighted by Gasteiger charge is -2.12. The number of sulfonamides is 1. The Kier molecular flexibility index (Phi) is 4.46. The normalized spacial score (nSPS) is 11.0. The molecule has 1 amide bonds. The fraction of sp³-hybridized carbons (Fsp3) is 0.133. The van der Waals surface area contributed by atoms with Crippen molar-refractivity contribution in [2.75, 3.05) is 18.8 Å². The average molecular weight is 322 g/mol. The molecule has 116 valence electrons. The van der Waals surface area contributed by atoms with Gasteiger partial charge >= 0.3 is 0 Å². The van der Waals surface area contributed by atoms with Gasteiger partial charge in [-0.15, -0.1) is 0 Å². The van der Waals surface area contributed by atoms with E-state index in [0.29, 0.717) is 0 Å². The zero-order valence-electron chi connectivity index (χ0n) is 12.1. The number of anilines is 1. The van der Waals surface area contributed by atoms with E-state index in [1.165, 1.54) is 35.2 Å². The Balaban J connectivity index is 2.31. The van der Waals surface area contributed by atoms with Crippen molar-refractivity contribution in [3.63, 3.8) is 0 Å². The molecule has 2 aromatic carbocycles. The molecule has 0 aliphatic heterocycles. The van der Waals surface area contributed by atoms with E-state index in [-0.39, 0.29) is 22.1 Å². The van der Waals surface area contributed by atoms with E-state index < -0.39 is 15.8 Å². The SMILES string of the molecule is CN(C)C(=O)c1cccc(S(=O)(=O)Nc2ccc(F)cc2)c1. The molecule has 0 unspecified atom stereocenters. The Morgan fingerprint density at radius 3 is 2.32 bits per heavy atom. The van der Waals surface area contributed by atoms with Crippen LogP contribution in [-0.4, -0.2) is 33.3 Å². The molecule has 1 N–H and O–H groups in total. The van der Waals surface area contributed by atoms with Crippen molar-refractivity contribution < 1.29 is 17.6 Å². The lowest BCUT2D eigenvalue weighted by Crippen LogP contribution is -2.22. The third kappa shape index (κ3) is 3.62. The second-order valence-corrected chi connectivity index (χ2v) is 6.52. The third-order valence-electron chi connectivity index (χ3n) is 2.89. The molecule has 0 atom stereocenters. The van der Waals surface area contributed by atoms with Crippen LogP contribution in [0.2, 0.25) is 0 Å². The zero-order chi connectivity index (χ0) is 16.3. The Morgan fingerprint density at radius 2 is 1.73 bits per heavy atom.